The molecule has 0 radical (unpaired) electrons. The smallest absolute Gasteiger partial charge is 0.312 e. The molecule has 3 aliphatic rings. The van der Waals surface area contributed by atoms with Crippen molar-refractivity contribution in [2.45, 2.75) is 44.9 Å². The third kappa shape index (κ3) is 0.818. The maximum absolute atomic E-state index is 11.6. The summed E-state index contributed by atoms with van der Waals surface area (Å²) >= 11 is 0. The van der Waals surface area contributed by atoms with Crippen LogP contribution < -0.4 is 0 Å². The lowest BCUT2D eigenvalue weighted by atomic mass is 9.84. The molecule has 3 fully saturated rings. The molecular formula is C11H16O2. The predicted octanol–water partition coefficient (Wildman–Crippen LogP) is 2.27. The van der Waals surface area contributed by atoms with Crippen LogP contribution in [0.1, 0.15) is 44.9 Å². The molecule has 0 bridgehead atoms. The van der Waals surface area contributed by atoms with Crippen LogP contribution in [0, 0.1) is 10.8 Å². The normalized spacial score (nSPS) is 48.5. The van der Waals surface area contributed by atoms with Crippen LogP contribution in [0.3, 0.4) is 0 Å². The molecule has 2 heteroatoms. The lowest BCUT2D eigenvalue weighted by Gasteiger charge is -2.16. The highest BCUT2D eigenvalue weighted by Crippen LogP contribution is 2.73. The van der Waals surface area contributed by atoms with Crippen molar-refractivity contribution < 1.29 is 9.53 Å². The van der Waals surface area contributed by atoms with E-state index in [0.717, 1.165) is 19.4 Å². The zero-order valence-corrected chi connectivity index (χ0v) is 7.97. The first-order valence-corrected chi connectivity index (χ1v) is 5.46. The van der Waals surface area contributed by atoms with Crippen molar-refractivity contribution in [3.8, 4) is 0 Å². The number of esters is 1. The molecule has 2 saturated carbocycles. The third-order valence-corrected chi connectivity index (χ3v) is 4.41. The van der Waals surface area contributed by atoms with E-state index in [1.165, 1.54) is 32.1 Å². The van der Waals surface area contributed by atoms with Crippen molar-refractivity contribution in [1.82, 2.24) is 0 Å². The van der Waals surface area contributed by atoms with Crippen molar-refractivity contribution in [3.05, 3.63) is 0 Å². The monoisotopic (exact) mass is 180 g/mol. The number of carbonyl (C=O) groups excluding carboxylic acids is 1. The molecule has 1 saturated heterocycles. The molecule has 0 amide bonds. The zero-order chi connectivity index (χ0) is 8.94. The van der Waals surface area contributed by atoms with Gasteiger partial charge in [-0.1, -0.05) is 25.7 Å². The minimum atomic E-state index is 0.00736. The summed E-state index contributed by atoms with van der Waals surface area (Å²) in [5.41, 5.74) is 0.317. The molecule has 2 nitrogen and oxygen atoms in total. The van der Waals surface area contributed by atoms with E-state index < -0.39 is 0 Å². The highest BCUT2D eigenvalue weighted by Gasteiger charge is 2.75. The van der Waals surface area contributed by atoms with Gasteiger partial charge in [0.15, 0.2) is 0 Å². The van der Waals surface area contributed by atoms with E-state index in [1.54, 1.807) is 0 Å². The Morgan fingerprint density at radius 2 is 1.85 bits per heavy atom. The lowest BCUT2D eigenvalue weighted by molar-refractivity contribution is -0.145. The van der Waals surface area contributed by atoms with E-state index in [0.29, 0.717) is 5.41 Å². The van der Waals surface area contributed by atoms with Crippen LogP contribution >= 0.6 is 0 Å². The van der Waals surface area contributed by atoms with Gasteiger partial charge in [0, 0.05) is 5.41 Å². The van der Waals surface area contributed by atoms with E-state index in [4.69, 9.17) is 4.74 Å². The number of cyclic esters (lactones) is 1. The SMILES string of the molecule is O=C1OC[C@@]23CCCCCC[C@@]12C3. The second-order valence-electron chi connectivity index (χ2n) is 5.03. The molecule has 72 valence electrons. The fraction of sp³-hybridized carbons (Fsp3) is 0.909. The fourth-order valence-corrected chi connectivity index (χ4v) is 3.45. The van der Waals surface area contributed by atoms with Crippen molar-refractivity contribution in [2.75, 3.05) is 6.61 Å². The quantitative estimate of drug-likeness (QED) is 0.534. The summed E-state index contributed by atoms with van der Waals surface area (Å²) in [7, 11) is 0. The number of carbonyl (C=O) groups is 1. The second kappa shape index (κ2) is 2.28. The molecule has 0 aromatic carbocycles. The molecule has 1 heterocycles. The molecule has 0 aromatic rings. The molecule has 3 rings (SSSR count). The van der Waals surface area contributed by atoms with Crippen molar-refractivity contribution in [1.29, 1.82) is 0 Å². The maximum Gasteiger partial charge on any atom is 0.312 e. The lowest BCUT2D eigenvalue weighted by Crippen LogP contribution is -2.17. The average molecular weight is 180 g/mol. The topological polar surface area (TPSA) is 26.3 Å². The van der Waals surface area contributed by atoms with E-state index in [9.17, 15) is 4.79 Å². The van der Waals surface area contributed by atoms with Gasteiger partial charge in [0.1, 0.15) is 0 Å². The van der Waals surface area contributed by atoms with E-state index >= 15 is 0 Å². The van der Waals surface area contributed by atoms with Crippen molar-refractivity contribution in [3.63, 3.8) is 0 Å². The fourth-order valence-electron chi connectivity index (χ4n) is 3.45. The summed E-state index contributed by atoms with van der Waals surface area (Å²) in [4.78, 5) is 11.6. The standard InChI is InChI=1S/C11H16O2/c12-9-11-6-4-2-1-3-5-10(11,7-11)8-13-9/h1-8H2/t10-,11+/m0/s1. The summed E-state index contributed by atoms with van der Waals surface area (Å²) < 4.78 is 5.22. The molecule has 0 unspecified atom stereocenters. The molecule has 0 spiro atoms. The molecule has 2 atom stereocenters. The van der Waals surface area contributed by atoms with E-state index in [2.05, 4.69) is 0 Å². The van der Waals surface area contributed by atoms with Crippen LogP contribution in [0.4, 0.5) is 0 Å². The average Bonchev–Trinajstić information content (AvgIpc) is 2.65. The van der Waals surface area contributed by atoms with Gasteiger partial charge in [0.05, 0.1) is 12.0 Å². The largest absolute Gasteiger partial charge is 0.465 e. The van der Waals surface area contributed by atoms with Gasteiger partial charge in [-0.15, -0.1) is 0 Å². The molecule has 13 heavy (non-hydrogen) atoms. The minimum absolute atomic E-state index is 0.00736. The first-order valence-electron chi connectivity index (χ1n) is 5.46. The van der Waals surface area contributed by atoms with Gasteiger partial charge in [0.25, 0.3) is 0 Å². The Balaban J connectivity index is 1.89. The van der Waals surface area contributed by atoms with Crippen LogP contribution in [0.2, 0.25) is 0 Å². The summed E-state index contributed by atoms with van der Waals surface area (Å²) in [6.45, 7) is 0.728. The molecule has 0 N–H and O–H groups in total. The highest BCUT2D eigenvalue weighted by molar-refractivity contribution is 5.84. The van der Waals surface area contributed by atoms with Crippen LogP contribution in [0.5, 0.6) is 0 Å². The summed E-state index contributed by atoms with van der Waals surface area (Å²) in [6, 6.07) is 0. The summed E-state index contributed by atoms with van der Waals surface area (Å²) in [6.07, 6.45) is 8.68. The summed E-state index contributed by atoms with van der Waals surface area (Å²) in [5.74, 6) is 0.120. The second-order valence-corrected chi connectivity index (χ2v) is 5.03. The molecular weight excluding hydrogens is 164 g/mol. The van der Waals surface area contributed by atoms with Crippen LogP contribution in [0.25, 0.3) is 0 Å². The van der Waals surface area contributed by atoms with Gasteiger partial charge < -0.3 is 4.74 Å². The van der Waals surface area contributed by atoms with Crippen LogP contribution in [0.15, 0.2) is 0 Å². The molecule has 0 aromatic heterocycles. The Morgan fingerprint density at radius 3 is 2.69 bits per heavy atom. The van der Waals surface area contributed by atoms with Gasteiger partial charge >= 0.3 is 5.97 Å². The van der Waals surface area contributed by atoms with Crippen LogP contribution in [-0.2, 0) is 9.53 Å². The van der Waals surface area contributed by atoms with Gasteiger partial charge in [-0.05, 0) is 19.3 Å². The first-order chi connectivity index (χ1) is 6.29. The maximum atomic E-state index is 11.6. The first kappa shape index (κ1) is 7.84. The predicted molar refractivity (Wildman–Crippen MR) is 48.1 cm³/mol. The highest BCUT2D eigenvalue weighted by atomic mass is 16.5. The Kier molecular flexibility index (Phi) is 1.38. The summed E-state index contributed by atoms with van der Waals surface area (Å²) in [5, 5.41) is 0. The van der Waals surface area contributed by atoms with Gasteiger partial charge in [-0.2, -0.15) is 0 Å². The zero-order valence-electron chi connectivity index (χ0n) is 7.97. The number of hydrogen-bond acceptors (Lipinski definition) is 2. The van der Waals surface area contributed by atoms with Crippen molar-refractivity contribution >= 4 is 5.97 Å². The Morgan fingerprint density at radius 1 is 1.08 bits per heavy atom. The number of hydrogen-bond donors (Lipinski definition) is 0. The number of rotatable bonds is 0. The van der Waals surface area contributed by atoms with Gasteiger partial charge in [0.2, 0.25) is 0 Å². The Labute approximate surface area is 78.6 Å². The Hall–Kier alpha value is -0.530. The molecule has 2 aliphatic carbocycles. The van der Waals surface area contributed by atoms with E-state index in [-0.39, 0.29) is 11.4 Å². The van der Waals surface area contributed by atoms with Crippen molar-refractivity contribution in [2.24, 2.45) is 10.8 Å². The third-order valence-electron chi connectivity index (χ3n) is 4.41. The number of ether oxygens (including phenoxy) is 1. The minimum Gasteiger partial charge on any atom is -0.465 e. The van der Waals surface area contributed by atoms with E-state index in [1.807, 2.05) is 0 Å². The van der Waals surface area contributed by atoms with Gasteiger partial charge in [-0.25, -0.2) is 0 Å². The van der Waals surface area contributed by atoms with Gasteiger partial charge in [-0.3, -0.25) is 4.79 Å². The Bertz CT molecular complexity index is 261. The van der Waals surface area contributed by atoms with Crippen LogP contribution in [-0.4, -0.2) is 12.6 Å². The molecule has 1 aliphatic heterocycles.